The molecule has 2 aromatic rings. The van der Waals surface area contributed by atoms with Gasteiger partial charge in [0.05, 0.1) is 11.4 Å². The number of rotatable bonds is 1. The minimum atomic E-state index is -0.0314. The van der Waals surface area contributed by atoms with Crippen LogP contribution in [-0.4, -0.2) is 19.7 Å². The molecule has 0 unspecified atom stereocenters. The molecule has 2 aromatic heterocycles. The van der Waals surface area contributed by atoms with Gasteiger partial charge in [-0.25, -0.2) is 9.97 Å². The van der Waals surface area contributed by atoms with Crippen molar-refractivity contribution >= 4 is 5.95 Å². The lowest BCUT2D eigenvalue weighted by Crippen LogP contribution is -2.14. The van der Waals surface area contributed by atoms with Crippen LogP contribution in [-0.2, 0) is 12.5 Å². The highest BCUT2D eigenvalue weighted by molar-refractivity contribution is 5.63. The summed E-state index contributed by atoms with van der Waals surface area (Å²) in [6.07, 6.45) is 3.62. The standard InChI is InChI=1S/C12H17N5/c1-12(2,3)10-8(7-17(4)16-10)9-5-6-14-11(13)15-9/h5-7H,1-4H3,(H2,13,14,15). The second kappa shape index (κ2) is 3.84. The van der Waals surface area contributed by atoms with E-state index in [4.69, 9.17) is 5.73 Å². The molecule has 17 heavy (non-hydrogen) atoms. The number of nitrogen functional groups attached to an aromatic ring is 1. The molecule has 0 amide bonds. The van der Waals surface area contributed by atoms with E-state index < -0.39 is 0 Å². The Kier molecular flexibility index (Phi) is 2.61. The molecule has 0 aliphatic heterocycles. The number of aromatic nitrogens is 4. The van der Waals surface area contributed by atoms with Gasteiger partial charge in [-0.15, -0.1) is 0 Å². The van der Waals surface area contributed by atoms with Gasteiger partial charge in [-0.05, 0) is 6.07 Å². The minimum absolute atomic E-state index is 0.0314. The van der Waals surface area contributed by atoms with Crippen molar-refractivity contribution in [2.24, 2.45) is 7.05 Å². The normalized spacial score (nSPS) is 11.8. The van der Waals surface area contributed by atoms with Gasteiger partial charge in [-0.2, -0.15) is 5.10 Å². The predicted octanol–water partition coefficient (Wildman–Crippen LogP) is 1.76. The van der Waals surface area contributed by atoms with Gasteiger partial charge in [0.2, 0.25) is 5.95 Å². The summed E-state index contributed by atoms with van der Waals surface area (Å²) < 4.78 is 1.80. The van der Waals surface area contributed by atoms with E-state index in [0.717, 1.165) is 17.0 Å². The summed E-state index contributed by atoms with van der Waals surface area (Å²) in [6, 6.07) is 1.85. The molecule has 0 aliphatic rings. The van der Waals surface area contributed by atoms with Crippen LogP contribution >= 0.6 is 0 Å². The van der Waals surface area contributed by atoms with Crippen molar-refractivity contribution in [3.63, 3.8) is 0 Å². The lowest BCUT2D eigenvalue weighted by molar-refractivity contribution is 0.554. The van der Waals surface area contributed by atoms with Gasteiger partial charge >= 0.3 is 0 Å². The molecule has 0 radical (unpaired) electrons. The van der Waals surface area contributed by atoms with Gasteiger partial charge in [-0.3, -0.25) is 4.68 Å². The first kappa shape index (κ1) is 11.6. The number of nitrogens with two attached hydrogens (primary N) is 1. The Balaban J connectivity index is 2.60. The Morgan fingerprint density at radius 2 is 2.00 bits per heavy atom. The third-order valence-corrected chi connectivity index (χ3v) is 2.49. The summed E-state index contributed by atoms with van der Waals surface area (Å²) in [7, 11) is 1.91. The summed E-state index contributed by atoms with van der Waals surface area (Å²) in [6.45, 7) is 6.39. The predicted molar refractivity (Wildman–Crippen MR) is 67.3 cm³/mol. The highest BCUT2D eigenvalue weighted by atomic mass is 15.3. The Labute approximate surface area is 101 Å². The fraction of sp³-hybridized carbons (Fsp3) is 0.417. The first-order valence-corrected chi connectivity index (χ1v) is 5.51. The number of aryl methyl sites for hydroxylation is 1. The average molecular weight is 231 g/mol. The lowest BCUT2D eigenvalue weighted by atomic mass is 9.89. The van der Waals surface area contributed by atoms with E-state index in [0.29, 0.717) is 0 Å². The number of nitrogens with zero attached hydrogens (tertiary/aromatic N) is 4. The molecular formula is C12H17N5. The van der Waals surface area contributed by atoms with E-state index in [1.807, 2.05) is 19.3 Å². The fourth-order valence-corrected chi connectivity index (χ4v) is 1.75. The van der Waals surface area contributed by atoms with Crippen LogP contribution in [0.15, 0.2) is 18.5 Å². The van der Waals surface area contributed by atoms with Crippen LogP contribution in [0.5, 0.6) is 0 Å². The van der Waals surface area contributed by atoms with Crippen molar-refractivity contribution in [2.75, 3.05) is 5.73 Å². The van der Waals surface area contributed by atoms with E-state index in [1.54, 1.807) is 10.9 Å². The Morgan fingerprint density at radius 1 is 1.29 bits per heavy atom. The quantitative estimate of drug-likeness (QED) is 0.811. The van der Waals surface area contributed by atoms with Gasteiger partial charge in [0.25, 0.3) is 0 Å². The molecule has 0 fully saturated rings. The summed E-state index contributed by atoms with van der Waals surface area (Å²) in [5.74, 6) is 0.284. The molecular weight excluding hydrogens is 214 g/mol. The van der Waals surface area contributed by atoms with Crippen LogP contribution in [0, 0.1) is 0 Å². The zero-order valence-corrected chi connectivity index (χ0v) is 10.6. The van der Waals surface area contributed by atoms with E-state index in [9.17, 15) is 0 Å². The van der Waals surface area contributed by atoms with Crippen LogP contribution in [0.4, 0.5) is 5.95 Å². The topological polar surface area (TPSA) is 69.6 Å². The molecule has 0 atom stereocenters. The van der Waals surface area contributed by atoms with Gasteiger partial charge in [0, 0.05) is 30.4 Å². The van der Waals surface area contributed by atoms with Crippen molar-refractivity contribution in [3.05, 3.63) is 24.2 Å². The van der Waals surface area contributed by atoms with Crippen molar-refractivity contribution in [1.29, 1.82) is 0 Å². The highest BCUT2D eigenvalue weighted by Gasteiger charge is 2.23. The molecule has 0 saturated heterocycles. The molecule has 2 heterocycles. The SMILES string of the molecule is Cn1cc(-c2ccnc(N)n2)c(C(C)(C)C)n1. The number of hydrogen-bond acceptors (Lipinski definition) is 4. The van der Waals surface area contributed by atoms with Crippen molar-refractivity contribution in [1.82, 2.24) is 19.7 Å². The van der Waals surface area contributed by atoms with E-state index >= 15 is 0 Å². The Hall–Kier alpha value is -1.91. The van der Waals surface area contributed by atoms with Crippen LogP contribution in [0.25, 0.3) is 11.3 Å². The van der Waals surface area contributed by atoms with Crippen molar-refractivity contribution < 1.29 is 0 Å². The number of anilines is 1. The Bertz CT molecular complexity index is 536. The first-order valence-electron chi connectivity index (χ1n) is 5.51. The second-order valence-electron chi connectivity index (χ2n) is 5.12. The maximum absolute atomic E-state index is 5.61. The second-order valence-corrected chi connectivity index (χ2v) is 5.12. The molecule has 2 rings (SSSR count). The molecule has 90 valence electrons. The molecule has 5 nitrogen and oxygen atoms in total. The molecule has 0 saturated carbocycles. The third kappa shape index (κ3) is 2.27. The smallest absolute Gasteiger partial charge is 0.220 e. The van der Waals surface area contributed by atoms with E-state index in [-0.39, 0.29) is 11.4 Å². The third-order valence-electron chi connectivity index (χ3n) is 2.49. The van der Waals surface area contributed by atoms with Crippen molar-refractivity contribution in [2.45, 2.75) is 26.2 Å². The van der Waals surface area contributed by atoms with Gasteiger partial charge < -0.3 is 5.73 Å². The van der Waals surface area contributed by atoms with Gasteiger partial charge in [-0.1, -0.05) is 20.8 Å². The maximum atomic E-state index is 5.61. The summed E-state index contributed by atoms with van der Waals surface area (Å²) >= 11 is 0. The van der Waals surface area contributed by atoms with Gasteiger partial charge in [0.1, 0.15) is 0 Å². The van der Waals surface area contributed by atoms with Crippen LogP contribution in [0.3, 0.4) is 0 Å². The summed E-state index contributed by atoms with van der Waals surface area (Å²) in [5.41, 5.74) is 8.42. The molecule has 0 aromatic carbocycles. The molecule has 0 spiro atoms. The summed E-state index contributed by atoms with van der Waals surface area (Å²) in [5, 5.41) is 4.50. The molecule has 5 heteroatoms. The zero-order valence-electron chi connectivity index (χ0n) is 10.6. The largest absolute Gasteiger partial charge is 0.368 e. The molecule has 2 N–H and O–H groups in total. The van der Waals surface area contributed by atoms with Gasteiger partial charge in [0.15, 0.2) is 0 Å². The van der Waals surface area contributed by atoms with Crippen LogP contribution in [0.1, 0.15) is 26.5 Å². The fourth-order valence-electron chi connectivity index (χ4n) is 1.75. The van der Waals surface area contributed by atoms with Crippen LogP contribution in [0.2, 0.25) is 0 Å². The zero-order chi connectivity index (χ0) is 12.6. The average Bonchev–Trinajstić information content (AvgIpc) is 2.60. The monoisotopic (exact) mass is 231 g/mol. The van der Waals surface area contributed by atoms with E-state index in [2.05, 4.69) is 35.8 Å². The van der Waals surface area contributed by atoms with Crippen LogP contribution < -0.4 is 5.73 Å². The highest BCUT2D eigenvalue weighted by Crippen LogP contribution is 2.30. The Morgan fingerprint density at radius 3 is 2.59 bits per heavy atom. The van der Waals surface area contributed by atoms with Crippen molar-refractivity contribution in [3.8, 4) is 11.3 Å². The minimum Gasteiger partial charge on any atom is -0.368 e. The summed E-state index contributed by atoms with van der Waals surface area (Å²) in [4.78, 5) is 8.15. The molecule has 0 bridgehead atoms. The number of hydrogen-bond donors (Lipinski definition) is 1. The lowest BCUT2D eigenvalue weighted by Gasteiger charge is -2.17. The molecule has 0 aliphatic carbocycles. The van der Waals surface area contributed by atoms with E-state index in [1.165, 1.54) is 0 Å². The maximum Gasteiger partial charge on any atom is 0.220 e. The first-order chi connectivity index (χ1) is 7.88.